The third kappa shape index (κ3) is 3.63. The topological polar surface area (TPSA) is 70.8 Å². The van der Waals surface area contributed by atoms with E-state index in [1.165, 1.54) is 0 Å². The summed E-state index contributed by atoms with van der Waals surface area (Å²) in [5.41, 5.74) is 0.907. The average molecular weight is 382 g/mol. The number of hydrogen-bond acceptors (Lipinski definition) is 5. The number of furan rings is 1. The molecule has 1 saturated heterocycles. The van der Waals surface area contributed by atoms with Gasteiger partial charge < -0.3 is 9.52 Å². The van der Waals surface area contributed by atoms with Gasteiger partial charge >= 0.3 is 5.97 Å². The van der Waals surface area contributed by atoms with Crippen LogP contribution in [0.25, 0.3) is 11.6 Å². The summed E-state index contributed by atoms with van der Waals surface area (Å²) in [4.78, 5) is 24.4. The molecule has 3 rings (SSSR count). The van der Waals surface area contributed by atoms with Gasteiger partial charge in [-0.3, -0.25) is 14.5 Å². The van der Waals surface area contributed by atoms with Crippen molar-refractivity contribution in [2.24, 2.45) is 0 Å². The maximum absolute atomic E-state index is 12.2. The van der Waals surface area contributed by atoms with Crippen LogP contribution < -0.4 is 0 Å². The first-order valence-electron chi connectivity index (χ1n) is 7.07. The molecule has 1 aliphatic heterocycles. The highest BCUT2D eigenvalue weighted by Gasteiger charge is 2.33. The number of amides is 1. The minimum Gasteiger partial charge on any atom is -0.480 e. The maximum atomic E-state index is 12.2. The van der Waals surface area contributed by atoms with Crippen LogP contribution in [0.15, 0.2) is 38.6 Å². The van der Waals surface area contributed by atoms with Gasteiger partial charge in [0.15, 0.2) is 0 Å². The van der Waals surface area contributed by atoms with E-state index in [2.05, 4.69) is 0 Å². The second-order valence-electron chi connectivity index (χ2n) is 5.15. The van der Waals surface area contributed by atoms with Gasteiger partial charge in [-0.2, -0.15) is 0 Å². The summed E-state index contributed by atoms with van der Waals surface area (Å²) in [7, 11) is 0. The van der Waals surface area contributed by atoms with Crippen molar-refractivity contribution in [1.29, 1.82) is 0 Å². The lowest BCUT2D eigenvalue weighted by Crippen LogP contribution is -2.33. The van der Waals surface area contributed by atoms with Crippen molar-refractivity contribution in [1.82, 2.24) is 4.90 Å². The Bertz CT molecular complexity index is 822. The lowest BCUT2D eigenvalue weighted by atomic mass is 10.1. The van der Waals surface area contributed by atoms with Gasteiger partial charge in [0.2, 0.25) is 0 Å². The summed E-state index contributed by atoms with van der Waals surface area (Å²) >= 11 is 12.2. The van der Waals surface area contributed by atoms with E-state index in [1.54, 1.807) is 12.1 Å². The molecule has 1 aliphatic carbocycles. The van der Waals surface area contributed by atoms with Crippen molar-refractivity contribution in [2.75, 3.05) is 6.54 Å². The molecule has 1 N–H and O–H groups in total. The monoisotopic (exact) mass is 381 g/mol. The molecule has 2 heterocycles. The van der Waals surface area contributed by atoms with Crippen LogP contribution >= 0.6 is 35.6 Å². The Morgan fingerprint density at radius 2 is 2.29 bits per heavy atom. The number of nitrogens with zero attached hydrogens (tertiary/aromatic N) is 1. The highest BCUT2D eigenvalue weighted by atomic mass is 35.5. The quantitative estimate of drug-likeness (QED) is 0.630. The molecule has 0 radical (unpaired) electrons. The van der Waals surface area contributed by atoms with Crippen LogP contribution in [0.5, 0.6) is 0 Å². The Labute approximate surface area is 152 Å². The fourth-order valence-corrected chi connectivity index (χ4v) is 3.79. The van der Waals surface area contributed by atoms with Crippen LogP contribution in [-0.2, 0) is 9.59 Å². The van der Waals surface area contributed by atoms with E-state index in [1.807, 2.05) is 18.2 Å². The van der Waals surface area contributed by atoms with E-state index in [4.69, 9.17) is 33.3 Å². The smallest absolute Gasteiger partial charge is 0.323 e. The molecule has 0 spiro atoms. The average Bonchev–Trinajstić information content (AvgIpc) is 3.08. The van der Waals surface area contributed by atoms with Crippen molar-refractivity contribution in [3.05, 3.63) is 45.7 Å². The van der Waals surface area contributed by atoms with E-state index in [0.29, 0.717) is 16.4 Å². The standard InChI is InChI=1S/C16H12ClNO4S2/c17-10-3-1-2-9(6-10)12-5-4-11(22-12)7-13-15(21)18(8-14(19)20)16(23)24-13/h2,4-7H,1,3,8H2,(H,19,20)/b13-7-. The summed E-state index contributed by atoms with van der Waals surface area (Å²) in [6.07, 6.45) is 7.15. The fraction of sp³-hybridized carbons (Fsp3) is 0.188. The summed E-state index contributed by atoms with van der Waals surface area (Å²) in [6, 6.07) is 3.55. The molecule has 1 aromatic rings. The minimum atomic E-state index is -1.11. The molecular weight excluding hydrogens is 370 g/mol. The van der Waals surface area contributed by atoms with Crippen molar-refractivity contribution < 1.29 is 19.1 Å². The minimum absolute atomic E-state index is 0.227. The molecule has 5 nitrogen and oxygen atoms in total. The summed E-state index contributed by atoms with van der Waals surface area (Å²) in [5.74, 6) is -0.372. The molecule has 2 aliphatic rings. The molecule has 1 amide bonds. The molecule has 0 saturated carbocycles. The number of aliphatic carboxylic acids is 1. The SMILES string of the molecule is O=C(O)CN1C(=O)/C(=C/c2ccc(C3=CCCC(Cl)=C3)o2)SC1=S. The first-order valence-corrected chi connectivity index (χ1v) is 8.68. The third-order valence-electron chi connectivity index (χ3n) is 3.41. The van der Waals surface area contributed by atoms with Gasteiger partial charge in [0.1, 0.15) is 22.4 Å². The highest BCUT2D eigenvalue weighted by molar-refractivity contribution is 8.26. The predicted molar refractivity (Wildman–Crippen MR) is 97.4 cm³/mol. The molecule has 0 unspecified atom stereocenters. The first-order chi connectivity index (χ1) is 11.4. The number of carboxylic acid groups (broad SMARTS) is 1. The number of thioether (sulfide) groups is 1. The van der Waals surface area contributed by atoms with Gasteiger partial charge in [-0.15, -0.1) is 0 Å². The number of carboxylic acids is 1. The van der Waals surface area contributed by atoms with Gasteiger partial charge in [0.05, 0.1) is 4.91 Å². The van der Waals surface area contributed by atoms with Crippen LogP contribution in [-0.4, -0.2) is 32.7 Å². The second kappa shape index (κ2) is 6.96. The largest absolute Gasteiger partial charge is 0.480 e. The van der Waals surface area contributed by atoms with Crippen molar-refractivity contribution in [2.45, 2.75) is 12.8 Å². The molecule has 0 bridgehead atoms. The van der Waals surface area contributed by atoms with E-state index in [9.17, 15) is 9.59 Å². The molecule has 1 fully saturated rings. The zero-order chi connectivity index (χ0) is 17.3. The Morgan fingerprint density at radius 3 is 3.00 bits per heavy atom. The molecule has 8 heteroatoms. The molecule has 0 atom stereocenters. The predicted octanol–water partition coefficient (Wildman–Crippen LogP) is 3.87. The number of hydrogen-bond donors (Lipinski definition) is 1. The zero-order valence-electron chi connectivity index (χ0n) is 12.3. The van der Waals surface area contributed by atoms with Crippen molar-refractivity contribution >= 4 is 63.4 Å². The van der Waals surface area contributed by atoms with E-state index < -0.39 is 18.4 Å². The Balaban J connectivity index is 1.80. The zero-order valence-corrected chi connectivity index (χ0v) is 14.7. The fourth-order valence-electron chi connectivity index (χ4n) is 2.32. The van der Waals surface area contributed by atoms with Crippen LogP contribution in [0, 0.1) is 0 Å². The number of halogens is 1. The molecule has 1 aromatic heterocycles. The van der Waals surface area contributed by atoms with Gasteiger partial charge in [0, 0.05) is 16.7 Å². The maximum Gasteiger partial charge on any atom is 0.323 e. The van der Waals surface area contributed by atoms with Gasteiger partial charge in [0.25, 0.3) is 5.91 Å². The highest BCUT2D eigenvalue weighted by Crippen LogP contribution is 2.34. The molecular formula is C16H12ClNO4S2. The van der Waals surface area contributed by atoms with Crippen molar-refractivity contribution in [3.8, 4) is 0 Å². The van der Waals surface area contributed by atoms with Crippen LogP contribution in [0.3, 0.4) is 0 Å². The molecule has 24 heavy (non-hydrogen) atoms. The van der Waals surface area contributed by atoms with Crippen LogP contribution in [0.2, 0.25) is 0 Å². The Hall–Kier alpha value is -1.83. The number of allylic oxidation sites excluding steroid dienone is 4. The van der Waals surface area contributed by atoms with Crippen LogP contribution in [0.4, 0.5) is 0 Å². The van der Waals surface area contributed by atoms with Gasteiger partial charge in [-0.1, -0.05) is 41.7 Å². The molecule has 0 aromatic carbocycles. The lowest BCUT2D eigenvalue weighted by molar-refractivity contribution is -0.140. The molecule has 124 valence electrons. The third-order valence-corrected chi connectivity index (χ3v) is 5.09. The van der Waals surface area contributed by atoms with Gasteiger partial charge in [-0.25, -0.2) is 0 Å². The second-order valence-corrected chi connectivity index (χ2v) is 7.31. The number of carbonyl (C=O) groups excluding carboxylic acids is 1. The summed E-state index contributed by atoms with van der Waals surface area (Å²) in [5, 5.41) is 9.61. The van der Waals surface area contributed by atoms with Gasteiger partial charge in [-0.05, 0) is 31.1 Å². The van der Waals surface area contributed by atoms with Crippen LogP contribution in [0.1, 0.15) is 24.4 Å². The number of thiocarbonyl (C=S) groups is 1. The first kappa shape index (κ1) is 17.0. The van der Waals surface area contributed by atoms with Crippen molar-refractivity contribution in [3.63, 3.8) is 0 Å². The summed E-state index contributed by atoms with van der Waals surface area (Å²) in [6.45, 7) is -0.443. The lowest BCUT2D eigenvalue weighted by Gasteiger charge is -2.10. The van der Waals surface area contributed by atoms with E-state index in [0.717, 1.165) is 40.1 Å². The normalized spacial score (nSPS) is 19.7. The Morgan fingerprint density at radius 1 is 1.50 bits per heavy atom. The number of carbonyl (C=O) groups is 2. The number of rotatable bonds is 4. The van der Waals surface area contributed by atoms with E-state index >= 15 is 0 Å². The summed E-state index contributed by atoms with van der Waals surface area (Å²) < 4.78 is 5.97. The Kier molecular flexibility index (Phi) is 4.93. The van der Waals surface area contributed by atoms with E-state index in [-0.39, 0.29) is 4.32 Å².